The summed E-state index contributed by atoms with van der Waals surface area (Å²) in [6.45, 7) is 36.9. The van der Waals surface area contributed by atoms with E-state index in [1.54, 1.807) is 141 Å². The maximum atomic E-state index is 13.3. The van der Waals surface area contributed by atoms with Crippen LogP contribution in [0.3, 0.4) is 0 Å². The van der Waals surface area contributed by atoms with Crippen LogP contribution in [0, 0.1) is 5.92 Å². The third-order valence-corrected chi connectivity index (χ3v) is 32.4. The number of aromatic nitrogens is 7. The summed E-state index contributed by atoms with van der Waals surface area (Å²) in [6.07, 6.45) is 31.5. The molecule has 0 spiro atoms. The molecule has 38 heteroatoms. The minimum absolute atomic E-state index is 0.00124. The zero-order valence-corrected chi connectivity index (χ0v) is 88.6. The second kappa shape index (κ2) is 52.1. The molecular formula is C104H128N18O12S8. The third kappa shape index (κ3) is 33.3. The Balaban J connectivity index is 0.000000159. The molecule has 10 heterocycles. The van der Waals surface area contributed by atoms with Gasteiger partial charge in [0.15, 0.2) is 20.5 Å². The number of carbonyl (C=O) groups excluding carboxylic acids is 7. The van der Waals surface area contributed by atoms with Gasteiger partial charge in [0.1, 0.15) is 34.9 Å². The van der Waals surface area contributed by atoms with Gasteiger partial charge in [-0.2, -0.15) is 0 Å². The number of methoxy groups -OCH3 is 1. The SMILES string of the molecule is C=CC(=O)NC1CCN(C(=O)C2CCCC(Nc3ncc(SCc4ncc(C(C)(C)C)o4)s3)C2)CC1.C=CC(=O)Nc1ccc(C(=O)N2CCC[C@@H](Nc3ncc(SCc4ccccc4)s3)C2)cc1.C=CC(=O)Nc1ccc(C(=O)N2CCC[C@@H](Nc3ncc(SCc4ncc(C(C)(C)C)o4)s3)C2)c(OC)c1.C=CC(=O)Nc1ccc(O[C@@H]2CCC[C@@H](Nc3ncc(SCc4ncc(C(C)(C)C)o4)s3)C2)cc1. The number of thioether (sulfide) groups is 4. The smallest absolute Gasteiger partial charge is 0.257 e. The molecular weight excluding hydrogens is 1950 g/mol. The van der Waals surface area contributed by atoms with Crippen LogP contribution in [-0.4, -0.2) is 174 Å². The molecule has 142 heavy (non-hydrogen) atoms. The van der Waals surface area contributed by atoms with E-state index in [0.29, 0.717) is 90.2 Å². The molecule has 5 fully saturated rings. The quantitative estimate of drug-likeness (QED) is 0.0137. The van der Waals surface area contributed by atoms with Crippen LogP contribution in [0.1, 0.15) is 213 Å². The number of thiazole rings is 4. The van der Waals surface area contributed by atoms with Crippen LogP contribution in [0.4, 0.5) is 37.6 Å². The van der Waals surface area contributed by atoms with Gasteiger partial charge in [0, 0.05) is 133 Å². The number of nitrogens with zero attached hydrogens (tertiary/aromatic N) is 10. The molecule has 11 aromatic rings. The fraction of sp³-hybridized carbons (Fsp3) is 0.423. The van der Waals surface area contributed by atoms with Gasteiger partial charge in [-0.15, -0.1) is 47.0 Å². The van der Waals surface area contributed by atoms with E-state index in [9.17, 15) is 33.6 Å². The summed E-state index contributed by atoms with van der Waals surface area (Å²) in [5, 5.41) is 28.8. The summed E-state index contributed by atoms with van der Waals surface area (Å²) >= 11 is 13.3. The Labute approximate surface area is 864 Å². The van der Waals surface area contributed by atoms with Gasteiger partial charge < -0.3 is 80.0 Å². The van der Waals surface area contributed by atoms with E-state index in [-0.39, 0.29) is 93.8 Å². The predicted octanol–water partition coefficient (Wildman–Crippen LogP) is 22.5. The molecule has 6 atom stereocenters. The molecule has 0 bridgehead atoms. The summed E-state index contributed by atoms with van der Waals surface area (Å²) in [5.41, 5.74) is 4.12. The van der Waals surface area contributed by atoms with Gasteiger partial charge in [0.05, 0.1) is 90.1 Å². The fourth-order valence-corrected chi connectivity index (χ4v) is 23.5. The van der Waals surface area contributed by atoms with Crippen molar-refractivity contribution in [3.05, 3.63) is 243 Å². The van der Waals surface area contributed by atoms with Crippen LogP contribution in [-0.2, 0) is 63.2 Å². The van der Waals surface area contributed by atoms with Gasteiger partial charge in [-0.25, -0.2) is 34.9 Å². The molecule has 0 radical (unpaired) electrons. The summed E-state index contributed by atoms with van der Waals surface area (Å²) in [7, 11) is 1.51. The Bertz CT molecular complexity index is 6020. The molecule has 3 aliphatic heterocycles. The van der Waals surface area contributed by atoms with Crippen molar-refractivity contribution < 1.29 is 56.3 Å². The lowest BCUT2D eigenvalue weighted by Crippen LogP contribution is -2.48. The topological polar surface area (TPSA) is 374 Å². The maximum absolute atomic E-state index is 13.3. The zero-order valence-electron chi connectivity index (χ0n) is 82.1. The van der Waals surface area contributed by atoms with Gasteiger partial charge >= 0.3 is 0 Å². The molecule has 16 rings (SSSR count). The number of anilines is 7. The first kappa shape index (κ1) is 108. The van der Waals surface area contributed by atoms with Gasteiger partial charge in [-0.3, -0.25) is 33.6 Å². The summed E-state index contributed by atoms with van der Waals surface area (Å²) in [6, 6.07) is 30.8. The first-order chi connectivity index (χ1) is 68.2. The Kier molecular flexibility index (Phi) is 39.6. The lowest BCUT2D eigenvalue weighted by Gasteiger charge is -2.37. The van der Waals surface area contributed by atoms with Crippen molar-refractivity contribution in [2.75, 3.05) is 83.6 Å². The second-order valence-electron chi connectivity index (χ2n) is 38.0. The molecule has 7 amide bonds. The molecule has 2 aliphatic carbocycles. The zero-order chi connectivity index (χ0) is 101. The van der Waals surface area contributed by atoms with Crippen molar-refractivity contribution in [1.82, 2.24) is 54.9 Å². The maximum Gasteiger partial charge on any atom is 0.257 e. The van der Waals surface area contributed by atoms with E-state index in [4.69, 9.17) is 22.7 Å². The first-order valence-corrected chi connectivity index (χ1v) is 54.9. The monoisotopic (exact) mass is 2080 g/mol. The molecule has 2 saturated carbocycles. The highest BCUT2D eigenvalue weighted by molar-refractivity contribution is 8.01. The van der Waals surface area contributed by atoms with Crippen molar-refractivity contribution in [3.63, 3.8) is 0 Å². The molecule has 754 valence electrons. The average molecular weight is 2080 g/mol. The number of ether oxygens (including phenoxy) is 2. The van der Waals surface area contributed by atoms with E-state index in [2.05, 4.69) is 190 Å². The van der Waals surface area contributed by atoms with Crippen molar-refractivity contribution in [1.29, 1.82) is 0 Å². The van der Waals surface area contributed by atoms with E-state index in [0.717, 1.165) is 176 Å². The second-order valence-corrected chi connectivity index (χ2v) is 47.2. The van der Waals surface area contributed by atoms with Crippen molar-refractivity contribution in [2.45, 2.75) is 245 Å². The Morgan fingerprint density at radius 3 is 1.27 bits per heavy atom. The lowest BCUT2D eigenvalue weighted by molar-refractivity contribution is -0.137. The largest absolute Gasteiger partial charge is 0.496 e. The molecule has 3 saturated heterocycles. The first-order valence-electron chi connectivity index (χ1n) is 47.7. The Hall–Kier alpha value is -11.5. The van der Waals surface area contributed by atoms with Gasteiger partial charge in [-0.05, 0) is 168 Å². The standard InChI is InChI=1S/C27H33N5O4S2.C26H37N5O3S2.C26H32N4O3S2.C25H26N4O2S2/c1-6-22(33)30-17-9-10-19(20(12-17)35-5)25(34)32-11-7-8-18(15-32)31-26-29-14-24(38-26)37-16-23-28-13-21(36-23)27(2,3)4;1-5-21(32)29-18-9-11-31(12-10-18)24(33)17-7-6-8-19(13-17)30-25-28-15-23(36-25)35-16-22-27-14-20(34-22)26(2,3)4;1-5-22(31)29-17-9-11-19(12-10-17)32-20-8-6-7-18(13-20)30-25-28-15-24(35-25)34-16-23-27-14-21(33-23)26(2,3)4;1-2-22(30)27-20-12-10-19(11-13-20)24(31)29-14-6-9-21(16-29)28-25-26-15-23(33-25)32-17-18-7-4-3-5-8-18/h6,9-10,12-14,18H,1,7-8,11,15-16H2,2-5H3,(H,29,31)(H,30,33);5,14-15,17-19H,1,6-13,16H2,2-4H3,(H,28,30)(H,29,32);5,9-12,14-15,18,20H,1,6-8,13,16H2,2-4H3,(H,28,30)(H,29,31);2-5,7-8,10-13,15,21H,1,6,9,14,16-17H2,(H,26,28)(H,27,30)/t18-;;18-,20-;21-/m1.11/s1. The highest BCUT2D eigenvalue weighted by atomic mass is 32.2. The van der Waals surface area contributed by atoms with E-state index < -0.39 is 0 Å². The number of oxazole rings is 3. The molecule has 2 unspecified atom stereocenters. The average Bonchev–Trinajstić information content (AvgIpc) is 1.11. The summed E-state index contributed by atoms with van der Waals surface area (Å²) < 4.78 is 33.8. The molecule has 30 nitrogen and oxygen atoms in total. The number of piperidine rings is 3. The normalized spacial score (nSPS) is 17.7. The predicted molar refractivity (Wildman–Crippen MR) is 574 cm³/mol. The van der Waals surface area contributed by atoms with Crippen LogP contribution >= 0.6 is 92.4 Å². The number of benzene rings is 4. The number of rotatable bonds is 34. The molecule has 7 aromatic heterocycles. The van der Waals surface area contributed by atoms with Crippen molar-refractivity contribution >= 4 is 171 Å². The van der Waals surface area contributed by atoms with Gasteiger partial charge in [0.25, 0.3) is 11.8 Å². The number of hydrogen-bond acceptors (Lipinski definition) is 31. The van der Waals surface area contributed by atoms with Crippen molar-refractivity contribution in [2.24, 2.45) is 5.92 Å². The minimum atomic E-state index is -0.327. The van der Waals surface area contributed by atoms with Gasteiger partial charge in [0.2, 0.25) is 47.2 Å². The molecule has 5 aliphatic rings. The van der Waals surface area contributed by atoms with Crippen LogP contribution in [0.25, 0.3) is 0 Å². The molecule has 4 aromatic carbocycles. The summed E-state index contributed by atoms with van der Waals surface area (Å²) in [5.74, 6) is 8.23. The highest BCUT2D eigenvalue weighted by Gasteiger charge is 2.36. The van der Waals surface area contributed by atoms with Crippen LogP contribution in [0.15, 0.2) is 221 Å². The minimum Gasteiger partial charge on any atom is -0.496 e. The Morgan fingerprint density at radius 1 is 0.423 bits per heavy atom. The number of likely N-dealkylation sites (tertiary alicyclic amines) is 3. The van der Waals surface area contributed by atoms with Crippen LogP contribution in [0.2, 0.25) is 0 Å². The van der Waals surface area contributed by atoms with Crippen LogP contribution < -0.4 is 52.0 Å². The number of amides is 7. The summed E-state index contributed by atoms with van der Waals surface area (Å²) in [4.78, 5) is 123. The fourth-order valence-electron chi connectivity index (χ4n) is 16.2. The number of carbonyl (C=O) groups is 7. The van der Waals surface area contributed by atoms with E-state index in [1.165, 1.54) is 41.2 Å². The number of nitrogens with one attached hydrogen (secondary N) is 8. The van der Waals surface area contributed by atoms with Gasteiger partial charge in [-0.1, -0.05) is 171 Å². The lowest BCUT2D eigenvalue weighted by atomic mass is 9.84. The number of hydrogen-bond donors (Lipinski definition) is 8. The van der Waals surface area contributed by atoms with Crippen LogP contribution in [0.5, 0.6) is 11.5 Å². The van der Waals surface area contributed by atoms with E-state index in [1.807, 2.05) is 82.2 Å². The Morgan fingerprint density at radius 2 is 0.831 bits per heavy atom. The third-order valence-electron chi connectivity index (χ3n) is 23.8. The van der Waals surface area contributed by atoms with E-state index >= 15 is 0 Å². The van der Waals surface area contributed by atoms with Crippen molar-refractivity contribution in [3.8, 4) is 11.5 Å². The molecule has 8 N–H and O–H groups in total. The highest BCUT2D eigenvalue weighted by Crippen LogP contribution is 2.41.